The number of ether oxygens (including phenoxy) is 1. The van der Waals surface area contributed by atoms with E-state index in [9.17, 15) is 13.7 Å². The molecule has 1 aliphatic heterocycles. The zero-order valence-electron chi connectivity index (χ0n) is 12.5. The second kappa shape index (κ2) is 6.23. The molecule has 4 nitrogen and oxygen atoms in total. The predicted molar refractivity (Wildman–Crippen MR) is 79.0 cm³/mol. The maximum Gasteiger partial charge on any atom is 0.410 e. The lowest BCUT2D eigenvalue weighted by molar-refractivity contribution is 0.0295. The third-order valence-corrected chi connectivity index (χ3v) is 4.87. The summed E-state index contributed by atoms with van der Waals surface area (Å²) in [5.74, 6) is -0.349. The molecule has 0 saturated carbocycles. The van der Waals surface area contributed by atoms with Crippen LogP contribution in [0.15, 0.2) is 29.2 Å². The molecule has 2 atom stereocenters. The van der Waals surface area contributed by atoms with E-state index < -0.39 is 16.8 Å². The van der Waals surface area contributed by atoms with E-state index >= 15 is 0 Å². The normalized spacial score (nSPS) is 20.4. The van der Waals surface area contributed by atoms with Gasteiger partial charge in [-0.3, -0.25) is 0 Å². The highest BCUT2D eigenvalue weighted by Crippen LogP contribution is 2.25. The van der Waals surface area contributed by atoms with E-state index in [1.54, 1.807) is 4.90 Å². The summed E-state index contributed by atoms with van der Waals surface area (Å²) < 4.78 is 30.6. The Bertz CT molecular complexity index is 501. The number of carbonyl (C=O) groups is 1. The van der Waals surface area contributed by atoms with Gasteiger partial charge in [-0.25, -0.2) is 9.18 Å². The summed E-state index contributed by atoms with van der Waals surface area (Å²) in [6.07, 6.45) is 0.282. The number of hydrogen-bond donors (Lipinski definition) is 0. The van der Waals surface area contributed by atoms with Gasteiger partial charge >= 0.3 is 6.09 Å². The molecule has 1 aliphatic rings. The highest BCUT2D eigenvalue weighted by atomic mass is 32.2. The van der Waals surface area contributed by atoms with Gasteiger partial charge in [-0.15, -0.1) is 0 Å². The van der Waals surface area contributed by atoms with E-state index in [0.29, 0.717) is 24.4 Å². The fourth-order valence-electron chi connectivity index (χ4n) is 2.16. The van der Waals surface area contributed by atoms with Crippen LogP contribution in [-0.2, 0) is 15.9 Å². The molecule has 1 fully saturated rings. The molecule has 2 rings (SSSR count). The van der Waals surface area contributed by atoms with Gasteiger partial charge in [0.2, 0.25) is 0 Å². The van der Waals surface area contributed by atoms with E-state index in [1.807, 2.05) is 20.8 Å². The number of halogens is 1. The van der Waals surface area contributed by atoms with Crippen LogP contribution in [0.1, 0.15) is 27.2 Å². The standard InChI is InChI=1S/C15H20FNO3S/c1-15(2,3)20-14(18)17-9-8-13(10-17)21(19)12-6-4-11(16)5-7-12/h4-7,13H,8-10H2,1-3H3. The first-order valence-corrected chi connectivity index (χ1v) is 8.11. The maximum absolute atomic E-state index is 12.9. The van der Waals surface area contributed by atoms with Crippen molar-refractivity contribution in [3.8, 4) is 0 Å². The Morgan fingerprint density at radius 3 is 2.57 bits per heavy atom. The molecular formula is C15H20FNO3S. The molecular weight excluding hydrogens is 293 g/mol. The van der Waals surface area contributed by atoms with Crippen LogP contribution in [0.5, 0.6) is 0 Å². The number of nitrogens with zero attached hydrogens (tertiary/aromatic N) is 1. The first kappa shape index (κ1) is 16.1. The van der Waals surface area contributed by atoms with Gasteiger partial charge in [0.1, 0.15) is 16.7 Å². The number of benzene rings is 1. The molecule has 1 aromatic rings. The molecule has 0 bridgehead atoms. The molecule has 21 heavy (non-hydrogen) atoms. The lowest BCUT2D eigenvalue weighted by Gasteiger charge is -2.24. The Morgan fingerprint density at radius 2 is 2.00 bits per heavy atom. The molecule has 0 N–H and O–H groups in total. The molecule has 116 valence electrons. The molecule has 0 aliphatic carbocycles. The van der Waals surface area contributed by atoms with E-state index in [1.165, 1.54) is 24.3 Å². The van der Waals surface area contributed by atoms with Crippen LogP contribution in [0.2, 0.25) is 0 Å². The van der Waals surface area contributed by atoms with Crippen LogP contribution >= 0.6 is 0 Å². The Kier molecular flexibility index (Phi) is 4.78. The fourth-order valence-corrected chi connectivity index (χ4v) is 3.58. The second-order valence-corrected chi connectivity index (χ2v) is 7.82. The quantitative estimate of drug-likeness (QED) is 0.789. The third kappa shape index (κ3) is 4.35. The van der Waals surface area contributed by atoms with Crippen LogP contribution < -0.4 is 0 Å². The lowest BCUT2D eigenvalue weighted by Crippen LogP contribution is -2.36. The molecule has 0 spiro atoms. The van der Waals surface area contributed by atoms with Crippen molar-refractivity contribution in [2.45, 2.75) is 42.9 Å². The van der Waals surface area contributed by atoms with E-state index in [4.69, 9.17) is 4.74 Å². The van der Waals surface area contributed by atoms with Crippen LogP contribution in [0.4, 0.5) is 9.18 Å². The zero-order chi connectivity index (χ0) is 15.6. The number of likely N-dealkylation sites (tertiary alicyclic amines) is 1. The van der Waals surface area contributed by atoms with Crippen LogP contribution in [0.3, 0.4) is 0 Å². The summed E-state index contributed by atoms with van der Waals surface area (Å²) in [5, 5.41) is -0.136. The van der Waals surface area contributed by atoms with Gasteiger partial charge in [0.15, 0.2) is 4.90 Å². The molecule has 1 heterocycles. The summed E-state index contributed by atoms with van der Waals surface area (Å²) in [5.41, 5.74) is -0.536. The molecule has 0 radical (unpaired) electrons. The SMILES string of the molecule is CC(C)(C)OC(=O)N1CCC([S+]([O-])c2ccc(F)cc2)C1. The maximum atomic E-state index is 12.9. The van der Waals surface area contributed by atoms with Gasteiger partial charge in [0, 0.05) is 13.0 Å². The van der Waals surface area contributed by atoms with Crippen molar-refractivity contribution in [1.29, 1.82) is 0 Å². The summed E-state index contributed by atoms with van der Waals surface area (Å²) in [6.45, 7) is 6.38. The van der Waals surface area contributed by atoms with E-state index in [0.717, 1.165) is 0 Å². The van der Waals surface area contributed by atoms with Crippen molar-refractivity contribution < 1.29 is 18.5 Å². The number of rotatable bonds is 2. The Balaban J connectivity index is 1.95. The Labute approximate surface area is 127 Å². The summed E-state index contributed by atoms with van der Waals surface area (Å²) in [7, 11) is 0. The van der Waals surface area contributed by atoms with Crippen molar-refractivity contribution in [2.75, 3.05) is 13.1 Å². The average molecular weight is 313 g/mol. The fraction of sp³-hybridized carbons (Fsp3) is 0.533. The lowest BCUT2D eigenvalue weighted by atomic mass is 10.2. The average Bonchev–Trinajstić information content (AvgIpc) is 2.86. The van der Waals surface area contributed by atoms with Crippen LogP contribution in [0, 0.1) is 5.82 Å². The van der Waals surface area contributed by atoms with Gasteiger partial charge < -0.3 is 14.2 Å². The molecule has 1 saturated heterocycles. The summed E-state index contributed by atoms with van der Waals surface area (Å²) in [4.78, 5) is 14.1. The minimum absolute atomic E-state index is 0.136. The second-order valence-electron chi connectivity index (χ2n) is 6.09. The predicted octanol–water partition coefficient (Wildman–Crippen LogP) is 2.94. The van der Waals surface area contributed by atoms with Gasteiger partial charge in [-0.2, -0.15) is 0 Å². The molecule has 0 aromatic heterocycles. The van der Waals surface area contributed by atoms with Gasteiger partial charge in [0.25, 0.3) is 0 Å². The number of carbonyl (C=O) groups excluding carboxylic acids is 1. The summed E-state index contributed by atoms with van der Waals surface area (Å²) in [6, 6.07) is 5.66. The van der Waals surface area contributed by atoms with Gasteiger partial charge in [-0.1, -0.05) is 0 Å². The summed E-state index contributed by atoms with van der Waals surface area (Å²) >= 11 is -1.24. The van der Waals surface area contributed by atoms with Crippen LogP contribution in [0.25, 0.3) is 0 Å². The highest BCUT2D eigenvalue weighted by molar-refractivity contribution is 7.92. The molecule has 2 unspecified atom stereocenters. The third-order valence-electron chi connectivity index (χ3n) is 3.15. The molecule has 6 heteroatoms. The van der Waals surface area contributed by atoms with Crippen molar-refractivity contribution >= 4 is 17.3 Å². The number of hydrogen-bond acceptors (Lipinski definition) is 3. The Hall–Kier alpha value is -1.27. The van der Waals surface area contributed by atoms with Gasteiger partial charge in [-0.05, 0) is 56.2 Å². The minimum Gasteiger partial charge on any atom is -0.611 e. The smallest absolute Gasteiger partial charge is 0.410 e. The molecule has 1 amide bonds. The van der Waals surface area contributed by atoms with Crippen molar-refractivity contribution in [1.82, 2.24) is 4.90 Å². The van der Waals surface area contributed by atoms with Crippen molar-refractivity contribution in [2.24, 2.45) is 0 Å². The van der Waals surface area contributed by atoms with E-state index in [-0.39, 0.29) is 17.2 Å². The minimum atomic E-state index is -1.24. The Morgan fingerprint density at radius 1 is 1.38 bits per heavy atom. The van der Waals surface area contributed by atoms with Gasteiger partial charge in [0.05, 0.1) is 6.54 Å². The van der Waals surface area contributed by atoms with E-state index in [2.05, 4.69) is 0 Å². The monoisotopic (exact) mass is 313 g/mol. The highest BCUT2D eigenvalue weighted by Gasteiger charge is 2.36. The first-order valence-electron chi connectivity index (χ1n) is 6.90. The first-order chi connectivity index (χ1) is 9.76. The topological polar surface area (TPSA) is 52.6 Å². The number of amides is 1. The zero-order valence-corrected chi connectivity index (χ0v) is 13.3. The van der Waals surface area contributed by atoms with Crippen LogP contribution in [-0.4, -0.2) is 39.5 Å². The largest absolute Gasteiger partial charge is 0.611 e. The van der Waals surface area contributed by atoms with Crippen molar-refractivity contribution in [3.05, 3.63) is 30.1 Å². The molecule has 1 aromatic carbocycles. The van der Waals surface area contributed by atoms with Crippen molar-refractivity contribution in [3.63, 3.8) is 0 Å².